The van der Waals surface area contributed by atoms with Gasteiger partial charge in [-0.25, -0.2) is 13.1 Å². The first kappa shape index (κ1) is 13.9. The van der Waals surface area contributed by atoms with Crippen molar-refractivity contribution < 1.29 is 13.2 Å². The fraction of sp³-hybridized carbons (Fsp3) is 0. The molecule has 1 amide bonds. The number of hydrogen-bond acceptors (Lipinski definition) is 4. The standard InChI is InChI=1S/C12H12N2O3S/c1-3-7-10(4-2)18(16,17)14-12(15)11-8-5-6-9-13-11/h3-9H,1-2H2,(H,14,15)/b10-7+. The Morgan fingerprint density at radius 2 is 2.06 bits per heavy atom. The summed E-state index contributed by atoms with van der Waals surface area (Å²) in [6.07, 6.45) is 5.05. The summed E-state index contributed by atoms with van der Waals surface area (Å²) in [4.78, 5) is 15.3. The number of rotatable bonds is 5. The molecule has 0 aliphatic rings. The largest absolute Gasteiger partial charge is 0.283 e. The first-order valence-corrected chi connectivity index (χ1v) is 6.43. The molecule has 1 aromatic heterocycles. The van der Waals surface area contributed by atoms with Gasteiger partial charge in [0.15, 0.2) is 0 Å². The van der Waals surface area contributed by atoms with E-state index in [1.165, 1.54) is 24.4 Å². The van der Waals surface area contributed by atoms with Crippen molar-refractivity contribution >= 4 is 15.9 Å². The van der Waals surface area contributed by atoms with Gasteiger partial charge >= 0.3 is 0 Å². The summed E-state index contributed by atoms with van der Waals surface area (Å²) >= 11 is 0. The number of hydrogen-bond donors (Lipinski definition) is 1. The lowest BCUT2D eigenvalue weighted by Crippen LogP contribution is -2.31. The molecule has 1 rings (SSSR count). The zero-order valence-corrected chi connectivity index (χ0v) is 10.4. The van der Waals surface area contributed by atoms with Crippen molar-refractivity contribution in [2.24, 2.45) is 0 Å². The Labute approximate surface area is 106 Å². The molecule has 0 aliphatic heterocycles. The monoisotopic (exact) mass is 264 g/mol. The molecule has 1 N–H and O–H groups in total. The fourth-order valence-electron chi connectivity index (χ4n) is 1.11. The van der Waals surface area contributed by atoms with Crippen molar-refractivity contribution in [3.05, 3.63) is 66.4 Å². The van der Waals surface area contributed by atoms with Gasteiger partial charge in [-0.05, 0) is 24.3 Å². The summed E-state index contributed by atoms with van der Waals surface area (Å²) in [6, 6.07) is 4.62. The van der Waals surface area contributed by atoms with E-state index < -0.39 is 15.9 Å². The second kappa shape index (κ2) is 5.92. The number of amides is 1. The van der Waals surface area contributed by atoms with E-state index >= 15 is 0 Å². The van der Waals surface area contributed by atoms with Crippen LogP contribution in [0, 0.1) is 0 Å². The highest BCUT2D eigenvalue weighted by Gasteiger charge is 2.19. The first-order valence-electron chi connectivity index (χ1n) is 4.94. The highest BCUT2D eigenvalue weighted by atomic mass is 32.2. The van der Waals surface area contributed by atoms with E-state index in [0.29, 0.717) is 0 Å². The average molecular weight is 264 g/mol. The number of aromatic nitrogens is 1. The SMILES string of the molecule is C=C/C=C(\C=C)S(=O)(=O)NC(=O)c1ccccn1. The van der Waals surface area contributed by atoms with Crippen molar-refractivity contribution in [3.63, 3.8) is 0 Å². The number of nitrogens with zero attached hydrogens (tertiary/aromatic N) is 1. The van der Waals surface area contributed by atoms with Gasteiger partial charge in [0.1, 0.15) is 5.69 Å². The van der Waals surface area contributed by atoms with Crippen LogP contribution in [0.2, 0.25) is 0 Å². The quantitative estimate of drug-likeness (QED) is 0.815. The van der Waals surface area contributed by atoms with Gasteiger partial charge in [0.2, 0.25) is 0 Å². The predicted octanol–water partition coefficient (Wildman–Crippen LogP) is 1.40. The number of pyridine rings is 1. The van der Waals surface area contributed by atoms with Crippen LogP contribution in [-0.2, 0) is 10.0 Å². The highest BCUT2D eigenvalue weighted by molar-refractivity contribution is 7.94. The Morgan fingerprint density at radius 3 is 2.56 bits per heavy atom. The molecule has 18 heavy (non-hydrogen) atoms. The number of sulfonamides is 1. The van der Waals surface area contributed by atoms with E-state index in [2.05, 4.69) is 18.1 Å². The van der Waals surface area contributed by atoms with Gasteiger partial charge in [0.05, 0.1) is 4.91 Å². The van der Waals surface area contributed by atoms with Gasteiger partial charge in [-0.2, -0.15) is 0 Å². The fourth-order valence-corrected chi connectivity index (χ4v) is 2.08. The third-order valence-corrected chi connectivity index (χ3v) is 3.30. The Balaban J connectivity index is 2.97. The van der Waals surface area contributed by atoms with E-state index in [0.717, 1.165) is 6.08 Å². The summed E-state index contributed by atoms with van der Waals surface area (Å²) in [5, 5.41) is 0. The Kier molecular flexibility index (Phi) is 4.56. The molecule has 1 heterocycles. The Morgan fingerprint density at radius 1 is 1.33 bits per heavy atom. The Bertz CT molecular complexity index is 589. The van der Waals surface area contributed by atoms with E-state index in [9.17, 15) is 13.2 Å². The van der Waals surface area contributed by atoms with Crippen LogP contribution < -0.4 is 4.72 Å². The van der Waals surface area contributed by atoms with Crippen LogP contribution >= 0.6 is 0 Å². The lowest BCUT2D eigenvalue weighted by atomic mass is 10.3. The molecule has 5 nitrogen and oxygen atoms in total. The maximum absolute atomic E-state index is 11.8. The average Bonchev–Trinajstić information content (AvgIpc) is 2.36. The smallest absolute Gasteiger partial charge is 0.266 e. The molecule has 0 aromatic carbocycles. The lowest BCUT2D eigenvalue weighted by Gasteiger charge is -2.06. The minimum Gasteiger partial charge on any atom is -0.266 e. The molecule has 1 aromatic rings. The number of carbonyl (C=O) groups is 1. The topological polar surface area (TPSA) is 76.1 Å². The molecule has 0 aliphatic carbocycles. The molecule has 0 saturated heterocycles. The molecule has 0 saturated carbocycles. The Hall–Kier alpha value is -2.21. The molecule has 0 spiro atoms. The van der Waals surface area contributed by atoms with Gasteiger partial charge in [-0.3, -0.25) is 9.78 Å². The van der Waals surface area contributed by atoms with Crippen LogP contribution in [0.15, 0.2) is 60.7 Å². The normalized spacial score (nSPS) is 11.7. The second-order valence-electron chi connectivity index (χ2n) is 3.16. The zero-order valence-electron chi connectivity index (χ0n) is 9.54. The molecule has 6 heteroatoms. The molecule has 0 unspecified atom stereocenters. The number of allylic oxidation sites excluding steroid dienone is 3. The van der Waals surface area contributed by atoms with Crippen molar-refractivity contribution in [1.82, 2.24) is 9.71 Å². The number of carbonyl (C=O) groups excluding carboxylic acids is 1. The van der Waals surface area contributed by atoms with Gasteiger partial charge in [0, 0.05) is 6.20 Å². The van der Waals surface area contributed by atoms with Gasteiger partial charge in [-0.15, -0.1) is 0 Å². The van der Waals surface area contributed by atoms with Crippen LogP contribution in [-0.4, -0.2) is 19.3 Å². The van der Waals surface area contributed by atoms with Crippen LogP contribution in [0.1, 0.15) is 10.5 Å². The lowest BCUT2D eigenvalue weighted by molar-refractivity contribution is 0.0977. The van der Waals surface area contributed by atoms with E-state index in [1.807, 2.05) is 4.72 Å². The van der Waals surface area contributed by atoms with Gasteiger partial charge in [0.25, 0.3) is 15.9 Å². The van der Waals surface area contributed by atoms with Gasteiger partial charge in [-0.1, -0.05) is 25.3 Å². The zero-order chi connectivity index (χ0) is 13.6. The summed E-state index contributed by atoms with van der Waals surface area (Å²) in [7, 11) is -3.95. The van der Waals surface area contributed by atoms with Crippen molar-refractivity contribution in [2.75, 3.05) is 0 Å². The predicted molar refractivity (Wildman–Crippen MR) is 69.1 cm³/mol. The maximum atomic E-state index is 11.8. The minimum absolute atomic E-state index is 0.0168. The molecule has 0 bridgehead atoms. The van der Waals surface area contributed by atoms with Crippen LogP contribution in [0.3, 0.4) is 0 Å². The highest BCUT2D eigenvalue weighted by Crippen LogP contribution is 2.06. The summed E-state index contributed by atoms with van der Waals surface area (Å²) < 4.78 is 25.5. The first-order chi connectivity index (χ1) is 8.51. The van der Waals surface area contributed by atoms with Crippen LogP contribution in [0.25, 0.3) is 0 Å². The molecule has 0 atom stereocenters. The molecule has 0 fully saturated rings. The van der Waals surface area contributed by atoms with Crippen LogP contribution in [0.5, 0.6) is 0 Å². The van der Waals surface area contributed by atoms with Crippen molar-refractivity contribution in [1.29, 1.82) is 0 Å². The summed E-state index contributed by atoms with van der Waals surface area (Å²) in [5.41, 5.74) is 0.0168. The third kappa shape index (κ3) is 3.39. The minimum atomic E-state index is -3.95. The van der Waals surface area contributed by atoms with Crippen molar-refractivity contribution in [2.45, 2.75) is 0 Å². The molecule has 94 valence electrons. The molecular weight excluding hydrogens is 252 g/mol. The maximum Gasteiger partial charge on any atom is 0.283 e. The van der Waals surface area contributed by atoms with E-state index in [-0.39, 0.29) is 10.6 Å². The molecule has 0 radical (unpaired) electrons. The molecular formula is C12H12N2O3S. The van der Waals surface area contributed by atoms with E-state index in [4.69, 9.17) is 0 Å². The second-order valence-corrected chi connectivity index (χ2v) is 4.84. The summed E-state index contributed by atoms with van der Waals surface area (Å²) in [6.45, 7) is 6.75. The van der Waals surface area contributed by atoms with Crippen LogP contribution in [0.4, 0.5) is 0 Å². The third-order valence-electron chi connectivity index (χ3n) is 1.92. The number of nitrogens with one attached hydrogen (secondary N) is 1. The summed E-state index contributed by atoms with van der Waals surface area (Å²) in [5.74, 6) is -0.799. The van der Waals surface area contributed by atoms with Gasteiger partial charge < -0.3 is 0 Å². The van der Waals surface area contributed by atoms with E-state index in [1.54, 1.807) is 12.1 Å². The van der Waals surface area contributed by atoms with Crippen molar-refractivity contribution in [3.8, 4) is 0 Å².